The molecule has 0 aromatic carbocycles. The number of likely N-dealkylation sites (tertiary alicyclic amines) is 1. The van der Waals surface area contributed by atoms with Gasteiger partial charge in [-0.3, -0.25) is 4.79 Å². The van der Waals surface area contributed by atoms with Gasteiger partial charge in [0.25, 0.3) is 0 Å². The maximum Gasteiger partial charge on any atom is 0.220 e. The molecule has 2 fully saturated rings. The summed E-state index contributed by atoms with van der Waals surface area (Å²) >= 11 is 0. The average molecular weight is 168 g/mol. The Kier molecular flexibility index (Phi) is 1.83. The van der Waals surface area contributed by atoms with Crippen LogP contribution < -0.4 is 5.73 Å². The van der Waals surface area contributed by atoms with Gasteiger partial charge in [0.2, 0.25) is 5.91 Å². The molecule has 2 rings (SSSR count). The Bertz CT molecular complexity index is 203. The van der Waals surface area contributed by atoms with Crippen LogP contribution in [-0.4, -0.2) is 30.4 Å². The molecular formula is C9H16N2O. The second-order valence-electron chi connectivity index (χ2n) is 4.27. The van der Waals surface area contributed by atoms with Crippen LogP contribution in [0.1, 0.15) is 19.3 Å². The number of amides is 1. The first-order valence-electron chi connectivity index (χ1n) is 4.66. The first-order chi connectivity index (χ1) is 5.66. The van der Waals surface area contributed by atoms with E-state index in [2.05, 4.69) is 11.9 Å². The van der Waals surface area contributed by atoms with E-state index in [4.69, 9.17) is 5.73 Å². The molecule has 12 heavy (non-hydrogen) atoms. The zero-order valence-corrected chi connectivity index (χ0v) is 7.49. The van der Waals surface area contributed by atoms with Gasteiger partial charge in [0.05, 0.1) is 0 Å². The number of hydrogen-bond donors (Lipinski definition) is 1. The molecule has 1 aliphatic heterocycles. The van der Waals surface area contributed by atoms with Crippen LogP contribution in [0, 0.1) is 11.8 Å². The normalized spacial score (nSPS) is 41.6. The molecule has 3 unspecified atom stereocenters. The van der Waals surface area contributed by atoms with E-state index in [9.17, 15) is 4.79 Å². The highest BCUT2D eigenvalue weighted by Crippen LogP contribution is 2.37. The van der Waals surface area contributed by atoms with E-state index >= 15 is 0 Å². The highest BCUT2D eigenvalue weighted by atomic mass is 16.1. The number of rotatable bonds is 1. The van der Waals surface area contributed by atoms with E-state index in [0.29, 0.717) is 6.04 Å². The number of nitrogens with zero attached hydrogens (tertiary/aromatic N) is 1. The summed E-state index contributed by atoms with van der Waals surface area (Å²) in [5.41, 5.74) is 5.31. The van der Waals surface area contributed by atoms with Crippen LogP contribution in [0.15, 0.2) is 0 Å². The molecule has 0 radical (unpaired) electrons. The number of primary amides is 1. The highest BCUT2D eigenvalue weighted by molar-refractivity contribution is 5.76. The second-order valence-corrected chi connectivity index (χ2v) is 4.27. The van der Waals surface area contributed by atoms with Gasteiger partial charge >= 0.3 is 0 Å². The van der Waals surface area contributed by atoms with Crippen molar-refractivity contribution in [1.29, 1.82) is 0 Å². The molecule has 2 N–H and O–H groups in total. The minimum atomic E-state index is -0.0972. The van der Waals surface area contributed by atoms with E-state index in [0.717, 1.165) is 25.3 Å². The maximum absolute atomic E-state index is 11.0. The summed E-state index contributed by atoms with van der Waals surface area (Å²) in [4.78, 5) is 13.4. The van der Waals surface area contributed by atoms with Gasteiger partial charge in [-0.1, -0.05) is 0 Å². The largest absolute Gasteiger partial charge is 0.369 e. The lowest BCUT2D eigenvalue weighted by Gasteiger charge is -2.26. The quantitative estimate of drug-likeness (QED) is 0.608. The van der Waals surface area contributed by atoms with Crippen molar-refractivity contribution in [1.82, 2.24) is 4.90 Å². The van der Waals surface area contributed by atoms with Crippen LogP contribution in [0.25, 0.3) is 0 Å². The third kappa shape index (κ3) is 1.22. The van der Waals surface area contributed by atoms with Gasteiger partial charge in [0.15, 0.2) is 0 Å². The summed E-state index contributed by atoms with van der Waals surface area (Å²) in [6, 6.07) is 0.626. The van der Waals surface area contributed by atoms with Gasteiger partial charge in [0.1, 0.15) is 0 Å². The second kappa shape index (κ2) is 2.73. The molecule has 68 valence electrons. The van der Waals surface area contributed by atoms with E-state index in [-0.39, 0.29) is 11.8 Å². The Hall–Kier alpha value is -0.570. The van der Waals surface area contributed by atoms with E-state index in [1.807, 2.05) is 0 Å². The molecule has 2 aliphatic rings. The molecule has 3 heteroatoms. The Morgan fingerprint density at radius 2 is 2.17 bits per heavy atom. The fraction of sp³-hybridized carbons (Fsp3) is 0.889. The molecule has 1 heterocycles. The standard InChI is InChI=1S/C9H16N2O/c1-11-5-6-2-7(9(10)12)4-8(11)3-6/h6-8H,2-5H2,1H3,(H2,10,12). The van der Waals surface area contributed by atoms with Crippen molar-refractivity contribution < 1.29 is 4.79 Å². The lowest BCUT2D eigenvalue weighted by molar-refractivity contribution is -0.123. The predicted molar refractivity (Wildman–Crippen MR) is 46.4 cm³/mol. The molecule has 0 spiro atoms. The number of fused-ring (bicyclic) bond motifs is 2. The molecule has 1 aliphatic carbocycles. The minimum Gasteiger partial charge on any atom is -0.369 e. The third-order valence-electron chi connectivity index (χ3n) is 3.35. The van der Waals surface area contributed by atoms with Crippen molar-refractivity contribution in [3.63, 3.8) is 0 Å². The Morgan fingerprint density at radius 3 is 2.75 bits per heavy atom. The van der Waals surface area contributed by atoms with Crippen molar-refractivity contribution in [2.75, 3.05) is 13.6 Å². The topological polar surface area (TPSA) is 46.3 Å². The van der Waals surface area contributed by atoms with Crippen molar-refractivity contribution in [3.05, 3.63) is 0 Å². The predicted octanol–water partition coefficient (Wildman–Crippen LogP) is 0.202. The number of carbonyl (C=O) groups excluding carboxylic acids is 1. The van der Waals surface area contributed by atoms with E-state index in [1.165, 1.54) is 6.42 Å². The van der Waals surface area contributed by atoms with Gasteiger partial charge in [0, 0.05) is 18.5 Å². The smallest absolute Gasteiger partial charge is 0.220 e. The molecule has 1 saturated heterocycles. The fourth-order valence-electron chi connectivity index (χ4n) is 2.70. The summed E-state index contributed by atoms with van der Waals surface area (Å²) < 4.78 is 0. The molecule has 3 nitrogen and oxygen atoms in total. The molecule has 0 aromatic rings. The fourth-order valence-corrected chi connectivity index (χ4v) is 2.70. The number of carbonyl (C=O) groups is 1. The Labute approximate surface area is 72.9 Å². The van der Waals surface area contributed by atoms with Gasteiger partial charge in [-0.25, -0.2) is 0 Å². The SMILES string of the molecule is CN1CC2CC(C(N)=O)CC1C2. The molecule has 1 saturated carbocycles. The average Bonchev–Trinajstić information content (AvgIpc) is 2.26. The molecule has 1 amide bonds. The Balaban J connectivity index is 2.05. The van der Waals surface area contributed by atoms with Crippen LogP contribution in [0.4, 0.5) is 0 Å². The van der Waals surface area contributed by atoms with Crippen LogP contribution in [0.5, 0.6) is 0 Å². The summed E-state index contributed by atoms with van der Waals surface area (Å²) in [7, 11) is 2.15. The highest BCUT2D eigenvalue weighted by Gasteiger charge is 2.39. The zero-order valence-electron chi connectivity index (χ0n) is 7.49. The third-order valence-corrected chi connectivity index (χ3v) is 3.35. The van der Waals surface area contributed by atoms with Gasteiger partial charge < -0.3 is 10.6 Å². The van der Waals surface area contributed by atoms with Gasteiger partial charge in [-0.15, -0.1) is 0 Å². The first-order valence-corrected chi connectivity index (χ1v) is 4.66. The summed E-state index contributed by atoms with van der Waals surface area (Å²) in [5, 5.41) is 0. The van der Waals surface area contributed by atoms with Gasteiger partial charge in [-0.05, 0) is 32.2 Å². The summed E-state index contributed by atoms with van der Waals surface area (Å²) in [5.74, 6) is 0.782. The number of hydrogen-bond acceptors (Lipinski definition) is 2. The van der Waals surface area contributed by atoms with Crippen LogP contribution in [-0.2, 0) is 4.79 Å². The van der Waals surface area contributed by atoms with E-state index in [1.54, 1.807) is 0 Å². The summed E-state index contributed by atoms with van der Waals surface area (Å²) in [6.45, 7) is 1.16. The molecule has 0 aromatic heterocycles. The molecule has 2 bridgehead atoms. The van der Waals surface area contributed by atoms with Crippen LogP contribution in [0.2, 0.25) is 0 Å². The van der Waals surface area contributed by atoms with Crippen molar-refractivity contribution in [2.45, 2.75) is 25.3 Å². The van der Waals surface area contributed by atoms with Crippen LogP contribution >= 0.6 is 0 Å². The number of nitrogens with two attached hydrogens (primary N) is 1. The van der Waals surface area contributed by atoms with Crippen molar-refractivity contribution >= 4 is 5.91 Å². The van der Waals surface area contributed by atoms with Gasteiger partial charge in [-0.2, -0.15) is 0 Å². The van der Waals surface area contributed by atoms with Crippen LogP contribution in [0.3, 0.4) is 0 Å². The lowest BCUT2D eigenvalue weighted by atomic mass is 9.82. The maximum atomic E-state index is 11.0. The summed E-state index contributed by atoms with van der Waals surface area (Å²) in [6.07, 6.45) is 3.29. The van der Waals surface area contributed by atoms with Crippen molar-refractivity contribution in [3.8, 4) is 0 Å². The molecule has 3 atom stereocenters. The monoisotopic (exact) mass is 168 g/mol. The van der Waals surface area contributed by atoms with Crippen molar-refractivity contribution in [2.24, 2.45) is 17.6 Å². The lowest BCUT2D eigenvalue weighted by Crippen LogP contribution is -2.33. The molecular weight excluding hydrogens is 152 g/mol. The van der Waals surface area contributed by atoms with E-state index < -0.39 is 0 Å². The first kappa shape index (κ1) is 8.05. The zero-order chi connectivity index (χ0) is 8.72. The Morgan fingerprint density at radius 1 is 1.42 bits per heavy atom. The minimum absolute atomic E-state index is 0.0972.